The van der Waals surface area contributed by atoms with E-state index < -0.39 is 23.8 Å². The lowest BCUT2D eigenvalue weighted by Gasteiger charge is -2.37. The molecule has 5 rings (SSSR count). The third-order valence-electron chi connectivity index (χ3n) is 6.17. The number of imide groups is 1. The zero-order chi connectivity index (χ0) is 22.9. The average Bonchev–Trinajstić information content (AvgIpc) is 2.82. The van der Waals surface area contributed by atoms with E-state index in [1.165, 1.54) is 0 Å². The van der Waals surface area contributed by atoms with Crippen LogP contribution in [0, 0.1) is 5.92 Å². The molecule has 2 aromatic carbocycles. The topological polar surface area (TPSA) is 106 Å². The number of ether oxygens (including phenoxy) is 2. The van der Waals surface area contributed by atoms with Crippen molar-refractivity contribution in [2.45, 2.75) is 31.8 Å². The van der Waals surface area contributed by atoms with E-state index in [9.17, 15) is 14.4 Å². The number of fused-ring (bicyclic) bond motifs is 1. The molecular weight excluding hydrogens is 422 g/mol. The number of ketones is 1. The molecule has 8 heteroatoms. The van der Waals surface area contributed by atoms with Crippen LogP contribution in [0.3, 0.4) is 0 Å². The van der Waals surface area contributed by atoms with Crippen LogP contribution < -0.4 is 20.1 Å². The van der Waals surface area contributed by atoms with Gasteiger partial charge in [-0.1, -0.05) is 36.4 Å². The van der Waals surface area contributed by atoms with E-state index in [0.717, 1.165) is 11.1 Å². The maximum absolute atomic E-state index is 12.9. The Bertz CT molecular complexity index is 1200. The van der Waals surface area contributed by atoms with Crippen LogP contribution in [-0.2, 0) is 16.2 Å². The molecule has 1 fully saturated rings. The first-order valence-electron chi connectivity index (χ1n) is 10.9. The Labute approximate surface area is 190 Å². The van der Waals surface area contributed by atoms with E-state index >= 15 is 0 Å². The van der Waals surface area contributed by atoms with Gasteiger partial charge in [0.05, 0.1) is 7.11 Å². The van der Waals surface area contributed by atoms with E-state index in [0.29, 0.717) is 48.6 Å². The first-order chi connectivity index (χ1) is 16.0. The van der Waals surface area contributed by atoms with Crippen molar-refractivity contribution in [1.82, 2.24) is 10.6 Å². The second-order valence-corrected chi connectivity index (χ2v) is 8.22. The number of amides is 3. The van der Waals surface area contributed by atoms with Crippen molar-refractivity contribution in [2.75, 3.05) is 7.11 Å². The van der Waals surface area contributed by atoms with Crippen LogP contribution in [0.5, 0.6) is 11.5 Å². The van der Waals surface area contributed by atoms with Gasteiger partial charge in [-0.15, -0.1) is 0 Å². The number of hydrogen-bond donors (Lipinski definition) is 2. The van der Waals surface area contributed by atoms with Gasteiger partial charge in [0.15, 0.2) is 17.3 Å². The van der Waals surface area contributed by atoms with E-state index in [2.05, 4.69) is 15.6 Å². The SMILES string of the molecule is COc1cc(C2C3=C(CCCC3=O)N=C3NC(=O)NC(=O)C32)ccc1OCc1ccccc1. The van der Waals surface area contributed by atoms with Crippen molar-refractivity contribution < 1.29 is 23.9 Å². The Morgan fingerprint density at radius 3 is 2.58 bits per heavy atom. The molecule has 3 aliphatic rings. The van der Waals surface area contributed by atoms with Gasteiger partial charge in [-0.2, -0.15) is 0 Å². The van der Waals surface area contributed by atoms with Crippen molar-refractivity contribution in [3.05, 3.63) is 70.9 Å². The Kier molecular flexibility index (Phi) is 5.42. The average molecular weight is 445 g/mol. The zero-order valence-electron chi connectivity index (χ0n) is 18.1. The maximum Gasteiger partial charge on any atom is 0.326 e. The third-order valence-corrected chi connectivity index (χ3v) is 6.17. The third kappa shape index (κ3) is 3.88. The second kappa shape index (κ2) is 8.54. The fourth-order valence-corrected chi connectivity index (χ4v) is 4.66. The fraction of sp³-hybridized carbons (Fsp3) is 0.280. The molecule has 2 atom stereocenters. The molecule has 168 valence electrons. The van der Waals surface area contributed by atoms with Crippen LogP contribution in [0.15, 0.2) is 64.8 Å². The maximum atomic E-state index is 12.9. The minimum absolute atomic E-state index is 0.0166. The van der Waals surface area contributed by atoms with Crippen molar-refractivity contribution in [2.24, 2.45) is 10.9 Å². The Morgan fingerprint density at radius 2 is 1.79 bits per heavy atom. The standard InChI is InChI=1S/C25H23N3O5/c1-32-19-12-15(10-11-18(19)33-13-14-6-3-2-4-7-14)20-21-16(8-5-9-17(21)29)26-23-22(20)24(30)28-25(31)27-23/h2-4,6-7,10-12,20,22H,5,8-9,13H2,1H3,(H2,26,27,28,30,31). The van der Waals surface area contributed by atoms with Crippen molar-refractivity contribution in [3.8, 4) is 11.5 Å². The van der Waals surface area contributed by atoms with E-state index in [1.807, 2.05) is 36.4 Å². The lowest BCUT2D eigenvalue weighted by Crippen LogP contribution is -2.58. The number of nitrogens with zero attached hydrogens (tertiary/aromatic N) is 1. The number of nitrogens with one attached hydrogen (secondary N) is 2. The van der Waals surface area contributed by atoms with Crippen LogP contribution in [-0.4, -0.2) is 30.7 Å². The van der Waals surface area contributed by atoms with Gasteiger partial charge in [-0.3, -0.25) is 20.2 Å². The number of aliphatic imine (C=N–C) groups is 1. The molecule has 1 aliphatic carbocycles. The summed E-state index contributed by atoms with van der Waals surface area (Å²) in [5.41, 5.74) is 2.93. The number of hydrogen-bond acceptors (Lipinski definition) is 6. The van der Waals surface area contributed by atoms with Gasteiger partial charge in [0.2, 0.25) is 5.91 Å². The monoisotopic (exact) mass is 445 g/mol. The summed E-state index contributed by atoms with van der Waals surface area (Å²) in [4.78, 5) is 42.2. The first kappa shape index (κ1) is 20.9. The van der Waals surface area contributed by atoms with E-state index in [1.54, 1.807) is 19.2 Å². The highest BCUT2D eigenvalue weighted by Gasteiger charge is 2.46. The van der Waals surface area contributed by atoms with Crippen molar-refractivity contribution >= 4 is 23.6 Å². The normalized spacial score (nSPS) is 22.0. The van der Waals surface area contributed by atoms with E-state index in [4.69, 9.17) is 9.47 Å². The number of carbonyl (C=O) groups excluding carboxylic acids is 3. The largest absolute Gasteiger partial charge is 0.493 e. The van der Waals surface area contributed by atoms with Crippen molar-refractivity contribution in [1.29, 1.82) is 0 Å². The highest BCUT2D eigenvalue weighted by atomic mass is 16.5. The quantitative estimate of drug-likeness (QED) is 0.735. The molecule has 0 bridgehead atoms. The number of allylic oxidation sites excluding steroid dienone is 2. The predicted octanol–water partition coefficient (Wildman–Crippen LogP) is 3.23. The molecule has 8 nitrogen and oxygen atoms in total. The van der Waals surface area contributed by atoms with Gasteiger partial charge in [0.1, 0.15) is 18.4 Å². The van der Waals surface area contributed by atoms with Crippen molar-refractivity contribution in [3.63, 3.8) is 0 Å². The molecule has 0 radical (unpaired) electrons. The van der Waals surface area contributed by atoms with Gasteiger partial charge in [0, 0.05) is 23.6 Å². The first-order valence-corrected chi connectivity index (χ1v) is 10.9. The van der Waals surface area contributed by atoms with Crippen LogP contribution >= 0.6 is 0 Å². The lowest BCUT2D eigenvalue weighted by molar-refractivity contribution is -0.123. The number of Topliss-reactive ketones (excluding diaryl/α,β-unsaturated/α-hetero) is 1. The summed E-state index contributed by atoms with van der Waals surface area (Å²) >= 11 is 0. The molecule has 0 aromatic heterocycles. The second-order valence-electron chi connectivity index (χ2n) is 8.22. The molecule has 2 N–H and O–H groups in total. The van der Waals surface area contributed by atoms with Crippen LogP contribution in [0.2, 0.25) is 0 Å². The number of carbonyl (C=O) groups is 3. The number of amidine groups is 1. The van der Waals surface area contributed by atoms with Gasteiger partial charge >= 0.3 is 6.03 Å². The molecule has 2 heterocycles. The number of benzene rings is 2. The van der Waals surface area contributed by atoms with E-state index in [-0.39, 0.29) is 11.6 Å². The Morgan fingerprint density at radius 1 is 0.970 bits per heavy atom. The zero-order valence-corrected chi connectivity index (χ0v) is 18.1. The summed E-state index contributed by atoms with van der Waals surface area (Å²) in [6.07, 6.45) is 1.73. The summed E-state index contributed by atoms with van der Waals surface area (Å²) in [5, 5.41) is 4.96. The fourth-order valence-electron chi connectivity index (χ4n) is 4.66. The number of urea groups is 1. The molecule has 2 aromatic rings. The summed E-state index contributed by atoms with van der Waals surface area (Å²) in [6.45, 7) is 0.377. The molecular formula is C25H23N3O5. The lowest BCUT2D eigenvalue weighted by atomic mass is 9.72. The molecule has 3 amide bonds. The van der Waals surface area contributed by atoms with Crippen LogP contribution in [0.1, 0.15) is 36.3 Å². The molecule has 0 saturated carbocycles. The summed E-state index contributed by atoms with van der Waals surface area (Å²) in [5.74, 6) is -0.528. The van der Waals surface area contributed by atoms with Crippen LogP contribution in [0.25, 0.3) is 0 Å². The number of rotatable bonds is 5. The summed E-state index contributed by atoms with van der Waals surface area (Å²) in [7, 11) is 1.55. The minimum atomic E-state index is -0.802. The van der Waals surface area contributed by atoms with Gasteiger partial charge < -0.3 is 9.47 Å². The smallest absolute Gasteiger partial charge is 0.326 e. The molecule has 0 spiro atoms. The van der Waals surface area contributed by atoms with Gasteiger partial charge in [-0.25, -0.2) is 9.79 Å². The minimum Gasteiger partial charge on any atom is -0.493 e. The van der Waals surface area contributed by atoms with Gasteiger partial charge in [-0.05, 0) is 36.1 Å². The molecule has 1 saturated heterocycles. The number of methoxy groups -OCH3 is 1. The Balaban J connectivity index is 1.53. The molecule has 2 aliphatic heterocycles. The van der Waals surface area contributed by atoms with Crippen LogP contribution in [0.4, 0.5) is 4.79 Å². The molecule has 2 unspecified atom stereocenters. The summed E-state index contributed by atoms with van der Waals surface area (Å²) < 4.78 is 11.5. The molecule has 33 heavy (non-hydrogen) atoms. The Hall–Kier alpha value is -3.94. The summed E-state index contributed by atoms with van der Waals surface area (Å²) in [6, 6.07) is 14.6. The predicted molar refractivity (Wildman–Crippen MR) is 120 cm³/mol. The highest BCUT2D eigenvalue weighted by Crippen LogP contribution is 2.45. The highest BCUT2D eigenvalue weighted by molar-refractivity contribution is 6.20. The van der Waals surface area contributed by atoms with Gasteiger partial charge in [0.25, 0.3) is 0 Å².